The van der Waals surface area contributed by atoms with Gasteiger partial charge < -0.3 is 10.5 Å². The van der Waals surface area contributed by atoms with Crippen molar-refractivity contribution in [2.75, 3.05) is 5.73 Å². The Bertz CT molecular complexity index is 379. The van der Waals surface area contributed by atoms with Gasteiger partial charge in [-0.05, 0) is 30.7 Å². The molecule has 0 fully saturated rings. The Balaban J connectivity index is 2.70. The predicted molar refractivity (Wildman–Crippen MR) is 56.0 cm³/mol. The molecule has 0 amide bonds. The summed E-state index contributed by atoms with van der Waals surface area (Å²) in [7, 11) is 0. The molecular weight excluding hydrogens is 192 g/mol. The van der Waals surface area contributed by atoms with Crippen molar-refractivity contribution in [3.63, 3.8) is 0 Å². The number of hydrogen-bond donors (Lipinski definition) is 1. The van der Waals surface area contributed by atoms with Crippen molar-refractivity contribution in [3.8, 4) is 6.07 Å². The summed E-state index contributed by atoms with van der Waals surface area (Å²) in [5, 5.41) is 8.62. The standard InChI is InChI=1S/C11H12N2O2/c1-2-10(7-12)15-11(14)8-3-5-9(13)6-4-8/h3-6,10H,2,13H2,1H3. The summed E-state index contributed by atoms with van der Waals surface area (Å²) >= 11 is 0. The highest BCUT2D eigenvalue weighted by Gasteiger charge is 2.12. The maximum Gasteiger partial charge on any atom is 0.339 e. The first-order chi connectivity index (χ1) is 7.17. The molecule has 0 saturated carbocycles. The number of esters is 1. The van der Waals surface area contributed by atoms with E-state index in [4.69, 9.17) is 15.7 Å². The van der Waals surface area contributed by atoms with Gasteiger partial charge in [0.1, 0.15) is 6.07 Å². The molecule has 0 saturated heterocycles. The lowest BCUT2D eigenvalue weighted by atomic mass is 10.2. The van der Waals surface area contributed by atoms with Crippen LogP contribution >= 0.6 is 0 Å². The first-order valence-corrected chi connectivity index (χ1v) is 4.63. The first kappa shape index (κ1) is 11.1. The van der Waals surface area contributed by atoms with Crippen LogP contribution in [0.4, 0.5) is 5.69 Å². The molecule has 4 nitrogen and oxygen atoms in total. The number of nitriles is 1. The Morgan fingerprint density at radius 2 is 2.13 bits per heavy atom. The minimum Gasteiger partial charge on any atom is -0.443 e. The van der Waals surface area contributed by atoms with Crippen molar-refractivity contribution in [1.29, 1.82) is 5.26 Å². The number of nitrogen functional groups attached to an aromatic ring is 1. The van der Waals surface area contributed by atoms with E-state index in [0.29, 0.717) is 17.7 Å². The largest absolute Gasteiger partial charge is 0.443 e. The van der Waals surface area contributed by atoms with Crippen LogP contribution in [0.3, 0.4) is 0 Å². The summed E-state index contributed by atoms with van der Waals surface area (Å²) in [6.45, 7) is 1.78. The first-order valence-electron chi connectivity index (χ1n) is 4.63. The summed E-state index contributed by atoms with van der Waals surface area (Å²) < 4.78 is 4.93. The van der Waals surface area contributed by atoms with Crippen LogP contribution in [0.5, 0.6) is 0 Å². The Labute approximate surface area is 88.3 Å². The van der Waals surface area contributed by atoms with E-state index in [9.17, 15) is 4.79 Å². The molecule has 78 valence electrons. The number of nitrogens with zero attached hydrogens (tertiary/aromatic N) is 1. The van der Waals surface area contributed by atoms with E-state index in [0.717, 1.165) is 0 Å². The third kappa shape index (κ3) is 2.99. The van der Waals surface area contributed by atoms with Gasteiger partial charge in [0.05, 0.1) is 5.56 Å². The second-order valence-corrected chi connectivity index (χ2v) is 3.05. The molecule has 2 N–H and O–H groups in total. The van der Waals surface area contributed by atoms with Gasteiger partial charge in [0.15, 0.2) is 6.10 Å². The number of anilines is 1. The van der Waals surface area contributed by atoms with Gasteiger partial charge in [-0.1, -0.05) is 6.92 Å². The van der Waals surface area contributed by atoms with Gasteiger partial charge in [-0.2, -0.15) is 5.26 Å². The molecule has 0 aromatic heterocycles. The van der Waals surface area contributed by atoms with E-state index in [-0.39, 0.29) is 0 Å². The molecule has 1 aromatic rings. The molecule has 1 rings (SSSR count). The highest BCUT2D eigenvalue weighted by atomic mass is 16.5. The Morgan fingerprint density at radius 3 is 2.60 bits per heavy atom. The minimum atomic E-state index is -0.685. The molecular formula is C11H12N2O2. The fourth-order valence-electron chi connectivity index (χ4n) is 1.02. The van der Waals surface area contributed by atoms with Gasteiger partial charge in [-0.3, -0.25) is 0 Å². The summed E-state index contributed by atoms with van der Waals surface area (Å²) in [4.78, 5) is 11.5. The average molecular weight is 204 g/mol. The number of carbonyl (C=O) groups excluding carboxylic acids is 1. The molecule has 0 aliphatic carbocycles. The fraction of sp³-hybridized carbons (Fsp3) is 0.273. The number of nitrogens with two attached hydrogens (primary N) is 1. The molecule has 0 aliphatic rings. The lowest BCUT2D eigenvalue weighted by Crippen LogP contribution is -2.15. The lowest BCUT2D eigenvalue weighted by Gasteiger charge is -2.08. The van der Waals surface area contributed by atoms with Gasteiger partial charge in [-0.25, -0.2) is 4.79 Å². The van der Waals surface area contributed by atoms with Gasteiger partial charge in [-0.15, -0.1) is 0 Å². The van der Waals surface area contributed by atoms with E-state index < -0.39 is 12.1 Å². The SMILES string of the molecule is CCC(C#N)OC(=O)c1ccc(N)cc1. The van der Waals surface area contributed by atoms with Crippen LogP contribution in [0.15, 0.2) is 24.3 Å². The number of ether oxygens (including phenoxy) is 1. The highest BCUT2D eigenvalue weighted by molar-refractivity contribution is 5.89. The molecule has 1 unspecified atom stereocenters. The van der Waals surface area contributed by atoms with E-state index >= 15 is 0 Å². The summed E-state index contributed by atoms with van der Waals surface area (Å²) in [5.74, 6) is -0.497. The van der Waals surface area contributed by atoms with E-state index in [1.54, 1.807) is 31.2 Å². The number of benzene rings is 1. The van der Waals surface area contributed by atoms with Crippen LogP contribution in [0.2, 0.25) is 0 Å². The van der Waals surface area contributed by atoms with Crippen molar-refractivity contribution in [3.05, 3.63) is 29.8 Å². The molecule has 0 aliphatic heterocycles. The smallest absolute Gasteiger partial charge is 0.339 e. The van der Waals surface area contributed by atoms with Crippen LogP contribution in [0.1, 0.15) is 23.7 Å². The van der Waals surface area contributed by atoms with Crippen molar-refractivity contribution >= 4 is 11.7 Å². The maximum absolute atomic E-state index is 11.5. The zero-order valence-electron chi connectivity index (χ0n) is 8.43. The lowest BCUT2D eigenvalue weighted by molar-refractivity contribution is 0.0401. The van der Waals surface area contributed by atoms with Gasteiger partial charge >= 0.3 is 5.97 Å². The van der Waals surface area contributed by atoms with Crippen molar-refractivity contribution in [2.24, 2.45) is 0 Å². The number of rotatable bonds is 3. The minimum absolute atomic E-state index is 0.401. The fourth-order valence-corrected chi connectivity index (χ4v) is 1.02. The summed E-state index contributed by atoms with van der Waals surface area (Å²) in [6.07, 6.45) is -0.202. The van der Waals surface area contributed by atoms with Crippen molar-refractivity contribution < 1.29 is 9.53 Å². The molecule has 0 heterocycles. The average Bonchev–Trinajstić information content (AvgIpc) is 2.26. The number of carbonyl (C=O) groups is 1. The van der Waals surface area contributed by atoms with Crippen molar-refractivity contribution in [2.45, 2.75) is 19.4 Å². The van der Waals surface area contributed by atoms with Crippen LogP contribution in [-0.4, -0.2) is 12.1 Å². The molecule has 0 bridgehead atoms. The van der Waals surface area contributed by atoms with Crippen LogP contribution in [-0.2, 0) is 4.74 Å². The van der Waals surface area contributed by atoms with Crippen LogP contribution in [0, 0.1) is 11.3 Å². The van der Waals surface area contributed by atoms with E-state index in [1.807, 2.05) is 6.07 Å². The number of hydrogen-bond acceptors (Lipinski definition) is 4. The topological polar surface area (TPSA) is 76.1 Å². The maximum atomic E-state index is 11.5. The third-order valence-electron chi connectivity index (χ3n) is 1.91. The highest BCUT2D eigenvalue weighted by Crippen LogP contribution is 2.08. The summed E-state index contributed by atoms with van der Waals surface area (Å²) in [6, 6.07) is 8.27. The molecule has 4 heteroatoms. The zero-order chi connectivity index (χ0) is 11.3. The Hall–Kier alpha value is -2.02. The molecule has 0 radical (unpaired) electrons. The van der Waals surface area contributed by atoms with Gasteiger partial charge in [0.25, 0.3) is 0 Å². The van der Waals surface area contributed by atoms with E-state index in [2.05, 4.69) is 0 Å². The second-order valence-electron chi connectivity index (χ2n) is 3.05. The molecule has 1 atom stereocenters. The molecule has 0 spiro atoms. The van der Waals surface area contributed by atoms with Crippen LogP contribution in [0.25, 0.3) is 0 Å². The normalized spacial score (nSPS) is 11.5. The van der Waals surface area contributed by atoms with E-state index in [1.165, 1.54) is 0 Å². The zero-order valence-corrected chi connectivity index (χ0v) is 8.43. The second kappa shape index (κ2) is 5.01. The quantitative estimate of drug-likeness (QED) is 0.600. The predicted octanol–water partition coefficient (Wildman–Crippen LogP) is 1.73. The van der Waals surface area contributed by atoms with Crippen molar-refractivity contribution in [1.82, 2.24) is 0 Å². The molecule has 15 heavy (non-hydrogen) atoms. The van der Waals surface area contributed by atoms with Gasteiger partial charge in [0.2, 0.25) is 0 Å². The molecule has 1 aromatic carbocycles. The Morgan fingerprint density at radius 1 is 1.53 bits per heavy atom. The van der Waals surface area contributed by atoms with Gasteiger partial charge in [0, 0.05) is 5.69 Å². The monoisotopic (exact) mass is 204 g/mol. The Kier molecular flexibility index (Phi) is 3.69. The van der Waals surface area contributed by atoms with Crippen LogP contribution < -0.4 is 5.73 Å². The summed E-state index contributed by atoms with van der Waals surface area (Å²) in [5.41, 5.74) is 6.46. The third-order valence-corrected chi connectivity index (χ3v) is 1.91.